The molecule has 0 saturated heterocycles. The van der Waals surface area contributed by atoms with E-state index in [4.69, 9.17) is 11.6 Å². The van der Waals surface area contributed by atoms with Crippen LogP contribution < -0.4 is 5.32 Å². The van der Waals surface area contributed by atoms with Crippen LogP contribution in [-0.4, -0.2) is 41.3 Å². The number of carbonyl (C=O) groups excluding carboxylic acids is 2. The number of pyridine rings is 1. The van der Waals surface area contributed by atoms with E-state index in [-0.39, 0.29) is 35.5 Å². The molecule has 1 aromatic heterocycles. The summed E-state index contributed by atoms with van der Waals surface area (Å²) < 4.78 is 0.672. The zero-order valence-corrected chi connectivity index (χ0v) is 13.8. The van der Waals surface area contributed by atoms with Crippen LogP contribution in [0.4, 0.5) is 0 Å². The third-order valence-electron chi connectivity index (χ3n) is 2.79. The lowest BCUT2D eigenvalue weighted by Gasteiger charge is -2.18. The van der Waals surface area contributed by atoms with E-state index >= 15 is 0 Å². The van der Waals surface area contributed by atoms with Crippen molar-refractivity contribution in [1.82, 2.24) is 15.2 Å². The van der Waals surface area contributed by atoms with Gasteiger partial charge in [0.25, 0.3) is 5.91 Å². The summed E-state index contributed by atoms with van der Waals surface area (Å²) >= 11 is 9.09. The molecule has 0 atom stereocenters. The predicted molar refractivity (Wildman–Crippen MR) is 81.8 cm³/mol. The summed E-state index contributed by atoms with van der Waals surface area (Å²) in [5.74, 6) is -0.315. The van der Waals surface area contributed by atoms with E-state index in [1.165, 1.54) is 6.20 Å². The molecule has 0 fully saturated rings. The van der Waals surface area contributed by atoms with Gasteiger partial charge in [0, 0.05) is 36.7 Å². The minimum atomic E-state index is -0.337. The van der Waals surface area contributed by atoms with Crippen molar-refractivity contribution in [3.05, 3.63) is 27.5 Å². The fraction of sp³-hybridized carbons (Fsp3) is 0.462. The Bertz CT molecular complexity index is 493. The molecule has 0 spiro atoms. The van der Waals surface area contributed by atoms with Crippen LogP contribution >= 0.6 is 27.5 Å². The van der Waals surface area contributed by atoms with Gasteiger partial charge in [-0.05, 0) is 35.8 Å². The van der Waals surface area contributed by atoms with Gasteiger partial charge in [-0.3, -0.25) is 9.59 Å². The molecule has 0 aromatic carbocycles. The van der Waals surface area contributed by atoms with Crippen LogP contribution in [0.1, 0.15) is 30.6 Å². The van der Waals surface area contributed by atoms with Gasteiger partial charge in [0.05, 0.1) is 5.56 Å². The molecule has 0 aliphatic heterocycles. The maximum Gasteiger partial charge on any atom is 0.254 e. The summed E-state index contributed by atoms with van der Waals surface area (Å²) in [5.41, 5.74) is 0.288. The Morgan fingerprint density at radius 2 is 2.05 bits per heavy atom. The van der Waals surface area contributed by atoms with Crippen molar-refractivity contribution in [2.24, 2.45) is 0 Å². The second-order valence-corrected chi connectivity index (χ2v) is 5.34. The summed E-state index contributed by atoms with van der Waals surface area (Å²) in [6.07, 6.45) is 1.79. The van der Waals surface area contributed by atoms with Crippen molar-refractivity contribution in [2.45, 2.75) is 20.3 Å². The lowest BCUT2D eigenvalue weighted by Crippen LogP contribution is -2.34. The minimum absolute atomic E-state index is 0.0220. The number of carbonyl (C=O) groups is 2. The normalized spacial score (nSPS) is 10.2. The highest BCUT2D eigenvalue weighted by molar-refractivity contribution is 9.10. The Morgan fingerprint density at radius 1 is 1.40 bits per heavy atom. The van der Waals surface area contributed by atoms with Crippen LogP contribution in [0, 0.1) is 0 Å². The van der Waals surface area contributed by atoms with Crippen molar-refractivity contribution in [3.63, 3.8) is 0 Å². The molecule has 1 rings (SSSR count). The Labute approximate surface area is 131 Å². The number of amides is 2. The smallest absolute Gasteiger partial charge is 0.254 e. The van der Waals surface area contributed by atoms with Crippen molar-refractivity contribution in [2.75, 3.05) is 19.6 Å². The zero-order chi connectivity index (χ0) is 15.1. The molecule has 0 aliphatic rings. The van der Waals surface area contributed by atoms with Crippen LogP contribution in [0.25, 0.3) is 0 Å². The number of hydrogen-bond donors (Lipinski definition) is 1. The summed E-state index contributed by atoms with van der Waals surface area (Å²) in [6, 6.07) is 1.59. The SMILES string of the molecule is CCN(CC)C(=O)CCNC(=O)c1cc(Br)cnc1Cl. The number of nitrogens with one attached hydrogen (secondary N) is 1. The largest absolute Gasteiger partial charge is 0.351 e. The van der Waals surface area contributed by atoms with E-state index in [2.05, 4.69) is 26.2 Å². The highest BCUT2D eigenvalue weighted by Gasteiger charge is 2.13. The highest BCUT2D eigenvalue weighted by atomic mass is 79.9. The first-order valence-electron chi connectivity index (χ1n) is 6.36. The van der Waals surface area contributed by atoms with Crippen LogP contribution in [0.5, 0.6) is 0 Å². The van der Waals surface area contributed by atoms with E-state index in [9.17, 15) is 9.59 Å². The number of halogens is 2. The molecule has 0 aliphatic carbocycles. The lowest BCUT2D eigenvalue weighted by molar-refractivity contribution is -0.130. The average molecular weight is 363 g/mol. The summed E-state index contributed by atoms with van der Waals surface area (Å²) in [7, 11) is 0. The van der Waals surface area contributed by atoms with Gasteiger partial charge in [0.2, 0.25) is 5.91 Å². The van der Waals surface area contributed by atoms with Gasteiger partial charge in [0.1, 0.15) is 5.15 Å². The molecule has 0 unspecified atom stereocenters. The quantitative estimate of drug-likeness (QED) is 0.791. The van der Waals surface area contributed by atoms with Gasteiger partial charge in [-0.25, -0.2) is 4.98 Å². The van der Waals surface area contributed by atoms with E-state index in [1.54, 1.807) is 11.0 Å². The second-order valence-electron chi connectivity index (χ2n) is 4.06. The Kier molecular flexibility index (Phi) is 6.95. The topological polar surface area (TPSA) is 62.3 Å². The maximum atomic E-state index is 11.9. The summed E-state index contributed by atoms with van der Waals surface area (Å²) in [5, 5.41) is 2.81. The molecule has 7 heteroatoms. The second kappa shape index (κ2) is 8.21. The minimum Gasteiger partial charge on any atom is -0.351 e. The number of nitrogens with zero attached hydrogens (tertiary/aromatic N) is 2. The van der Waals surface area contributed by atoms with E-state index < -0.39 is 0 Å². The maximum absolute atomic E-state index is 11.9. The molecule has 1 heterocycles. The van der Waals surface area contributed by atoms with Gasteiger partial charge in [-0.15, -0.1) is 0 Å². The van der Waals surface area contributed by atoms with Crippen molar-refractivity contribution >= 4 is 39.3 Å². The Morgan fingerprint density at radius 3 is 2.65 bits per heavy atom. The first-order valence-corrected chi connectivity index (χ1v) is 7.53. The van der Waals surface area contributed by atoms with Crippen LogP contribution in [0.3, 0.4) is 0 Å². The van der Waals surface area contributed by atoms with Gasteiger partial charge in [0.15, 0.2) is 0 Å². The number of rotatable bonds is 6. The molecule has 0 bridgehead atoms. The molecule has 20 heavy (non-hydrogen) atoms. The molecule has 110 valence electrons. The predicted octanol–water partition coefficient (Wildman–Crippen LogP) is 2.49. The van der Waals surface area contributed by atoms with E-state index in [0.717, 1.165) is 0 Å². The fourth-order valence-electron chi connectivity index (χ4n) is 1.69. The lowest BCUT2D eigenvalue weighted by atomic mass is 10.2. The van der Waals surface area contributed by atoms with Crippen molar-refractivity contribution < 1.29 is 9.59 Å². The molecular weight excluding hydrogens is 346 g/mol. The monoisotopic (exact) mass is 361 g/mol. The van der Waals surface area contributed by atoms with Crippen LogP contribution in [-0.2, 0) is 4.79 Å². The molecule has 5 nitrogen and oxygen atoms in total. The molecule has 1 aromatic rings. The number of aromatic nitrogens is 1. The Hall–Kier alpha value is -1.14. The average Bonchev–Trinajstić information content (AvgIpc) is 2.42. The Balaban J connectivity index is 2.52. The summed E-state index contributed by atoms with van der Waals surface area (Å²) in [4.78, 5) is 29.3. The van der Waals surface area contributed by atoms with Gasteiger partial charge in [-0.1, -0.05) is 11.6 Å². The first-order chi connectivity index (χ1) is 9.49. The zero-order valence-electron chi connectivity index (χ0n) is 11.4. The highest BCUT2D eigenvalue weighted by Crippen LogP contribution is 2.17. The van der Waals surface area contributed by atoms with Crippen LogP contribution in [0.15, 0.2) is 16.7 Å². The first kappa shape index (κ1) is 16.9. The molecular formula is C13H17BrClN3O2. The van der Waals surface area contributed by atoms with Gasteiger partial charge >= 0.3 is 0 Å². The van der Waals surface area contributed by atoms with Crippen LogP contribution in [0.2, 0.25) is 5.15 Å². The molecule has 1 N–H and O–H groups in total. The third-order valence-corrected chi connectivity index (χ3v) is 3.53. The third kappa shape index (κ3) is 4.76. The molecule has 2 amide bonds. The number of hydrogen-bond acceptors (Lipinski definition) is 3. The molecule has 0 radical (unpaired) electrons. The van der Waals surface area contributed by atoms with Crippen molar-refractivity contribution in [1.29, 1.82) is 0 Å². The van der Waals surface area contributed by atoms with Gasteiger partial charge in [-0.2, -0.15) is 0 Å². The molecule has 0 saturated carbocycles. The standard InChI is InChI=1S/C13H17BrClN3O2/c1-3-18(4-2)11(19)5-6-16-13(20)10-7-9(14)8-17-12(10)15/h7-8H,3-6H2,1-2H3,(H,16,20). The van der Waals surface area contributed by atoms with Gasteiger partial charge < -0.3 is 10.2 Å². The van der Waals surface area contributed by atoms with Crippen molar-refractivity contribution in [3.8, 4) is 0 Å². The van der Waals surface area contributed by atoms with E-state index in [0.29, 0.717) is 17.6 Å². The summed E-state index contributed by atoms with van der Waals surface area (Å²) in [6.45, 7) is 5.46. The van der Waals surface area contributed by atoms with E-state index in [1.807, 2.05) is 13.8 Å². The fourth-order valence-corrected chi connectivity index (χ4v) is 2.21.